The van der Waals surface area contributed by atoms with E-state index >= 15 is 0 Å². The molecule has 0 aromatic heterocycles. The second-order valence-electron chi connectivity index (χ2n) is 6.52. The van der Waals surface area contributed by atoms with Crippen LogP contribution in [0.5, 0.6) is 5.75 Å². The fraction of sp³-hybridized carbons (Fsp3) is 0.368. The van der Waals surface area contributed by atoms with Gasteiger partial charge in [-0.05, 0) is 24.2 Å². The maximum atomic E-state index is 10.5. The van der Waals surface area contributed by atoms with E-state index in [1.165, 1.54) is 11.1 Å². The van der Waals surface area contributed by atoms with E-state index in [4.69, 9.17) is 0 Å². The molecule has 0 aliphatic carbocycles. The van der Waals surface area contributed by atoms with E-state index < -0.39 is 0 Å². The van der Waals surface area contributed by atoms with Gasteiger partial charge in [0.1, 0.15) is 5.75 Å². The molecule has 130 valence electrons. The van der Waals surface area contributed by atoms with E-state index in [0.717, 1.165) is 31.7 Å². The SMILES string of the molecule is CN1CCN2C[C@H](c3ccccc3)c3c(O)cccc3[C@@H]2C1.Cl.Cl. The number of nitrogens with zero attached hydrogens (tertiary/aromatic N) is 2. The molecule has 5 heteroatoms. The molecule has 1 saturated heterocycles. The molecule has 0 bridgehead atoms. The Kier molecular flexibility index (Phi) is 6.16. The first-order valence-corrected chi connectivity index (χ1v) is 8.03. The number of rotatable bonds is 1. The van der Waals surface area contributed by atoms with Crippen molar-refractivity contribution in [2.24, 2.45) is 0 Å². The fourth-order valence-corrected chi connectivity index (χ4v) is 3.99. The Labute approximate surface area is 156 Å². The number of likely N-dealkylation sites (N-methyl/N-ethyl adjacent to an activating group) is 1. The van der Waals surface area contributed by atoms with Crippen LogP contribution >= 0.6 is 24.8 Å². The molecule has 0 amide bonds. The summed E-state index contributed by atoms with van der Waals surface area (Å²) in [7, 11) is 2.18. The van der Waals surface area contributed by atoms with E-state index in [1.807, 2.05) is 12.1 Å². The summed E-state index contributed by atoms with van der Waals surface area (Å²) in [6.07, 6.45) is 0. The highest BCUT2D eigenvalue weighted by molar-refractivity contribution is 5.85. The van der Waals surface area contributed by atoms with Gasteiger partial charge in [0.05, 0.1) is 0 Å². The lowest BCUT2D eigenvalue weighted by atomic mass is 9.80. The zero-order valence-corrected chi connectivity index (χ0v) is 15.4. The normalized spacial score (nSPS) is 23.4. The van der Waals surface area contributed by atoms with Crippen LogP contribution in [0.3, 0.4) is 0 Å². The van der Waals surface area contributed by atoms with Crippen LogP contribution in [0.2, 0.25) is 0 Å². The third kappa shape index (κ3) is 3.27. The van der Waals surface area contributed by atoms with Crippen molar-refractivity contribution in [1.82, 2.24) is 9.80 Å². The highest BCUT2D eigenvalue weighted by Gasteiger charge is 2.37. The molecule has 2 aromatic rings. The predicted octanol–water partition coefficient (Wildman–Crippen LogP) is 3.67. The van der Waals surface area contributed by atoms with Gasteiger partial charge in [-0.1, -0.05) is 42.5 Å². The minimum Gasteiger partial charge on any atom is -0.508 e. The average Bonchev–Trinajstić information content (AvgIpc) is 2.55. The molecule has 4 rings (SSSR count). The van der Waals surface area contributed by atoms with Crippen molar-refractivity contribution in [3.8, 4) is 5.75 Å². The molecule has 2 aliphatic heterocycles. The van der Waals surface area contributed by atoms with Crippen molar-refractivity contribution in [1.29, 1.82) is 0 Å². The topological polar surface area (TPSA) is 26.7 Å². The van der Waals surface area contributed by atoms with Crippen LogP contribution in [-0.2, 0) is 0 Å². The summed E-state index contributed by atoms with van der Waals surface area (Å²) in [5, 5.41) is 10.5. The van der Waals surface area contributed by atoms with E-state index in [9.17, 15) is 5.11 Å². The van der Waals surface area contributed by atoms with Crippen molar-refractivity contribution >= 4 is 24.8 Å². The van der Waals surface area contributed by atoms with E-state index in [-0.39, 0.29) is 30.7 Å². The van der Waals surface area contributed by atoms with Crippen molar-refractivity contribution in [2.45, 2.75) is 12.0 Å². The lowest BCUT2D eigenvalue weighted by Gasteiger charge is -2.46. The van der Waals surface area contributed by atoms with Gasteiger partial charge >= 0.3 is 0 Å². The van der Waals surface area contributed by atoms with Crippen LogP contribution in [0.15, 0.2) is 48.5 Å². The maximum Gasteiger partial charge on any atom is 0.119 e. The Bertz CT molecular complexity index is 680. The summed E-state index contributed by atoms with van der Waals surface area (Å²) in [4.78, 5) is 4.97. The fourth-order valence-electron chi connectivity index (χ4n) is 3.99. The van der Waals surface area contributed by atoms with E-state index in [2.05, 4.69) is 53.2 Å². The van der Waals surface area contributed by atoms with Crippen LogP contribution in [-0.4, -0.2) is 48.1 Å². The van der Waals surface area contributed by atoms with Gasteiger partial charge in [-0.2, -0.15) is 0 Å². The summed E-state index contributed by atoms with van der Waals surface area (Å²) in [5.41, 5.74) is 3.72. The summed E-state index contributed by atoms with van der Waals surface area (Å²) in [5.74, 6) is 0.705. The Morgan fingerprint density at radius 1 is 0.917 bits per heavy atom. The van der Waals surface area contributed by atoms with Gasteiger partial charge in [-0.25, -0.2) is 0 Å². The lowest BCUT2D eigenvalue weighted by molar-refractivity contribution is 0.0766. The highest BCUT2D eigenvalue weighted by atomic mass is 35.5. The summed E-state index contributed by atoms with van der Waals surface area (Å²) in [6.45, 7) is 4.25. The van der Waals surface area contributed by atoms with Crippen LogP contribution < -0.4 is 0 Å². The Morgan fingerprint density at radius 3 is 2.42 bits per heavy atom. The molecule has 2 aromatic carbocycles. The zero-order valence-electron chi connectivity index (χ0n) is 13.8. The first-order chi connectivity index (χ1) is 10.7. The predicted molar refractivity (Wildman–Crippen MR) is 103 cm³/mol. The third-order valence-electron chi connectivity index (χ3n) is 5.14. The standard InChI is InChI=1S/C19H22N2O.2ClH/c1-20-10-11-21-12-16(14-6-3-2-4-7-14)19-15(17(21)13-20)8-5-9-18(19)22;;/h2-9,16-17,22H,10-13H2,1H3;2*1H/t16-,17+;;/m1../s1. The van der Waals surface area contributed by atoms with Crippen molar-refractivity contribution in [2.75, 3.05) is 33.2 Å². The summed E-state index contributed by atoms with van der Waals surface area (Å²) in [6, 6.07) is 17.0. The first kappa shape index (κ1) is 19.1. The zero-order chi connectivity index (χ0) is 15.1. The smallest absolute Gasteiger partial charge is 0.119 e. The van der Waals surface area contributed by atoms with Crippen LogP contribution in [0, 0.1) is 0 Å². The molecular formula is C19H24Cl2N2O. The minimum atomic E-state index is 0. The molecule has 24 heavy (non-hydrogen) atoms. The van der Waals surface area contributed by atoms with Crippen molar-refractivity contribution < 1.29 is 5.11 Å². The lowest BCUT2D eigenvalue weighted by Crippen LogP contribution is -2.50. The molecule has 0 unspecified atom stereocenters. The molecule has 0 spiro atoms. The van der Waals surface area contributed by atoms with Crippen LogP contribution in [0.1, 0.15) is 28.7 Å². The Morgan fingerprint density at radius 2 is 1.67 bits per heavy atom. The molecule has 1 N–H and O–H groups in total. The number of aromatic hydroxyl groups is 1. The van der Waals surface area contributed by atoms with Crippen LogP contribution in [0.25, 0.3) is 0 Å². The molecular weight excluding hydrogens is 343 g/mol. The number of halogens is 2. The van der Waals surface area contributed by atoms with Crippen molar-refractivity contribution in [3.05, 3.63) is 65.2 Å². The number of phenolic OH excluding ortho intramolecular Hbond substituents is 1. The van der Waals surface area contributed by atoms with Crippen LogP contribution in [0.4, 0.5) is 0 Å². The second-order valence-corrected chi connectivity index (χ2v) is 6.52. The minimum absolute atomic E-state index is 0. The monoisotopic (exact) mass is 366 g/mol. The van der Waals surface area contributed by atoms with Gasteiger partial charge in [0.15, 0.2) is 0 Å². The number of hydrogen-bond donors (Lipinski definition) is 1. The third-order valence-corrected chi connectivity index (χ3v) is 5.14. The quantitative estimate of drug-likeness (QED) is 0.833. The van der Waals surface area contributed by atoms with Crippen molar-refractivity contribution in [3.63, 3.8) is 0 Å². The van der Waals surface area contributed by atoms with Gasteiger partial charge in [-0.15, -0.1) is 24.8 Å². The van der Waals surface area contributed by atoms with Gasteiger partial charge in [-0.3, -0.25) is 4.90 Å². The first-order valence-electron chi connectivity index (χ1n) is 8.03. The van der Waals surface area contributed by atoms with Gasteiger partial charge in [0.25, 0.3) is 0 Å². The largest absolute Gasteiger partial charge is 0.508 e. The van der Waals surface area contributed by atoms with Gasteiger partial charge in [0.2, 0.25) is 0 Å². The highest BCUT2D eigenvalue weighted by Crippen LogP contribution is 2.44. The molecule has 0 radical (unpaired) electrons. The van der Waals surface area contributed by atoms with Gasteiger partial charge < -0.3 is 10.0 Å². The van der Waals surface area contributed by atoms with E-state index in [1.54, 1.807) is 0 Å². The molecule has 2 aliphatic rings. The maximum absolute atomic E-state index is 10.5. The van der Waals surface area contributed by atoms with Gasteiger partial charge in [0, 0.05) is 43.7 Å². The molecule has 3 nitrogen and oxygen atoms in total. The molecule has 1 fully saturated rings. The number of fused-ring (bicyclic) bond motifs is 3. The Balaban J connectivity index is 0.00000104. The molecule has 2 heterocycles. The molecule has 2 atom stereocenters. The second kappa shape index (κ2) is 7.75. The molecule has 0 saturated carbocycles. The number of hydrogen-bond acceptors (Lipinski definition) is 3. The Hall–Kier alpha value is -1.26. The van der Waals surface area contributed by atoms with E-state index in [0.29, 0.717) is 11.8 Å². The average molecular weight is 367 g/mol. The summed E-state index contributed by atoms with van der Waals surface area (Å²) >= 11 is 0. The number of piperazine rings is 1. The summed E-state index contributed by atoms with van der Waals surface area (Å²) < 4.78 is 0. The number of benzene rings is 2. The number of phenols is 1.